The Labute approximate surface area is 165 Å². The number of carbonyl (C=O) groups excluding carboxylic acids is 2. The van der Waals surface area contributed by atoms with Gasteiger partial charge in [0.1, 0.15) is 0 Å². The molecule has 0 saturated heterocycles. The van der Waals surface area contributed by atoms with Gasteiger partial charge in [-0.15, -0.1) is 11.8 Å². The lowest BCUT2D eigenvalue weighted by Gasteiger charge is -2.20. The van der Waals surface area contributed by atoms with Crippen molar-refractivity contribution in [3.8, 4) is 0 Å². The molecular weight excluding hydrogens is 358 g/mol. The largest absolute Gasteiger partial charge is 0.455 e. The third-order valence-corrected chi connectivity index (χ3v) is 5.09. The van der Waals surface area contributed by atoms with Gasteiger partial charge in [-0.3, -0.25) is 9.59 Å². The maximum Gasteiger partial charge on any atom is 0.316 e. The van der Waals surface area contributed by atoms with Gasteiger partial charge in [0.25, 0.3) is 5.91 Å². The third-order valence-electron chi connectivity index (χ3n) is 4.10. The number of amides is 1. The molecule has 0 unspecified atom stereocenters. The highest BCUT2D eigenvalue weighted by Gasteiger charge is 2.16. The van der Waals surface area contributed by atoms with Gasteiger partial charge in [0, 0.05) is 10.6 Å². The summed E-state index contributed by atoms with van der Waals surface area (Å²) in [6, 6.07) is 15.7. The second kappa shape index (κ2) is 10.2. The fraction of sp³-hybridized carbons (Fsp3) is 0.364. The van der Waals surface area contributed by atoms with Gasteiger partial charge in [0.15, 0.2) is 6.61 Å². The minimum absolute atomic E-state index is 0.178. The van der Waals surface area contributed by atoms with Crippen LogP contribution < -0.4 is 5.32 Å². The van der Waals surface area contributed by atoms with Crippen molar-refractivity contribution in [1.82, 2.24) is 0 Å². The van der Waals surface area contributed by atoms with Crippen molar-refractivity contribution in [3.05, 3.63) is 59.7 Å². The van der Waals surface area contributed by atoms with Crippen molar-refractivity contribution in [2.75, 3.05) is 17.7 Å². The van der Waals surface area contributed by atoms with Gasteiger partial charge in [0.2, 0.25) is 0 Å². The number of ether oxygens (including phenoxy) is 1. The van der Waals surface area contributed by atoms with Crippen LogP contribution in [0.4, 0.5) is 5.69 Å². The van der Waals surface area contributed by atoms with Gasteiger partial charge < -0.3 is 10.1 Å². The van der Waals surface area contributed by atoms with E-state index in [9.17, 15) is 9.59 Å². The van der Waals surface area contributed by atoms with Gasteiger partial charge in [-0.05, 0) is 35.1 Å². The number of nitrogens with one attached hydrogen (secondary N) is 1. The van der Waals surface area contributed by atoms with E-state index in [4.69, 9.17) is 4.74 Å². The van der Waals surface area contributed by atoms with Crippen LogP contribution in [0, 0.1) is 0 Å². The molecule has 0 aliphatic rings. The minimum atomic E-state index is -0.403. The lowest BCUT2D eigenvalue weighted by atomic mass is 9.92. The van der Waals surface area contributed by atoms with E-state index < -0.39 is 5.97 Å². The molecule has 0 fully saturated rings. The van der Waals surface area contributed by atoms with Gasteiger partial charge in [-0.25, -0.2) is 0 Å². The van der Waals surface area contributed by atoms with Crippen LogP contribution in [0.25, 0.3) is 0 Å². The number of esters is 1. The summed E-state index contributed by atoms with van der Waals surface area (Å²) in [7, 11) is 0. The van der Waals surface area contributed by atoms with E-state index in [2.05, 4.69) is 33.0 Å². The Morgan fingerprint density at radius 2 is 1.52 bits per heavy atom. The van der Waals surface area contributed by atoms with Crippen molar-refractivity contribution in [2.45, 2.75) is 44.4 Å². The van der Waals surface area contributed by atoms with Crippen LogP contribution in [0.2, 0.25) is 0 Å². The van der Waals surface area contributed by atoms with Crippen molar-refractivity contribution < 1.29 is 14.3 Å². The van der Waals surface area contributed by atoms with Crippen molar-refractivity contribution >= 4 is 29.3 Å². The van der Waals surface area contributed by atoms with E-state index in [1.165, 1.54) is 11.8 Å². The predicted molar refractivity (Wildman–Crippen MR) is 111 cm³/mol. The molecule has 5 heteroatoms. The number of hydrogen-bond donors (Lipinski definition) is 1. The number of hydrogen-bond acceptors (Lipinski definition) is 4. The molecule has 1 N–H and O–H groups in total. The number of anilines is 1. The van der Waals surface area contributed by atoms with E-state index in [-0.39, 0.29) is 30.1 Å². The van der Waals surface area contributed by atoms with Gasteiger partial charge in [0.05, 0.1) is 5.75 Å². The molecular formula is C22H27NO3S. The second-order valence-electron chi connectivity index (χ2n) is 6.93. The molecule has 2 aromatic rings. The summed E-state index contributed by atoms with van der Waals surface area (Å²) in [6.07, 6.45) is 0. The van der Waals surface area contributed by atoms with E-state index in [1.807, 2.05) is 48.5 Å². The monoisotopic (exact) mass is 385 g/mol. The van der Waals surface area contributed by atoms with Crippen LogP contribution in [-0.4, -0.2) is 24.2 Å². The zero-order chi connectivity index (χ0) is 19.8. The maximum absolute atomic E-state index is 12.3. The zero-order valence-electron chi connectivity index (χ0n) is 16.3. The first-order chi connectivity index (χ1) is 12.9. The number of rotatable bonds is 8. The molecule has 144 valence electrons. The van der Waals surface area contributed by atoms with Gasteiger partial charge in [-0.1, -0.05) is 64.1 Å². The highest BCUT2D eigenvalue weighted by molar-refractivity contribution is 8.00. The van der Waals surface area contributed by atoms with Crippen LogP contribution in [0.15, 0.2) is 53.4 Å². The van der Waals surface area contributed by atoms with Crippen LogP contribution in [0.3, 0.4) is 0 Å². The van der Waals surface area contributed by atoms with Crippen molar-refractivity contribution in [1.29, 1.82) is 0 Å². The molecule has 0 aliphatic heterocycles. The highest BCUT2D eigenvalue weighted by atomic mass is 32.2. The molecule has 2 aromatic carbocycles. The molecule has 0 aromatic heterocycles. The van der Waals surface area contributed by atoms with E-state index in [0.29, 0.717) is 0 Å². The molecule has 0 spiro atoms. The molecule has 0 atom stereocenters. The highest BCUT2D eigenvalue weighted by Crippen LogP contribution is 2.32. The lowest BCUT2D eigenvalue weighted by molar-refractivity contribution is -0.144. The lowest BCUT2D eigenvalue weighted by Crippen LogP contribution is -2.23. The Hall–Kier alpha value is -2.27. The standard InChI is InChI=1S/C22H27NO3S/c1-15(2)18-11-8-12-19(16(3)4)22(18)23-20(24)13-26-21(25)14-27-17-9-6-5-7-10-17/h5-12,15-16H,13-14H2,1-4H3,(H,23,24). The topological polar surface area (TPSA) is 55.4 Å². The minimum Gasteiger partial charge on any atom is -0.455 e. The molecule has 0 bridgehead atoms. The maximum atomic E-state index is 12.3. The molecule has 1 amide bonds. The van der Waals surface area contributed by atoms with Crippen LogP contribution in [0.1, 0.15) is 50.7 Å². The first kappa shape index (κ1) is 21.0. The van der Waals surface area contributed by atoms with Crippen molar-refractivity contribution in [2.24, 2.45) is 0 Å². The molecule has 0 radical (unpaired) electrons. The second-order valence-corrected chi connectivity index (χ2v) is 7.98. The van der Waals surface area contributed by atoms with Crippen LogP contribution >= 0.6 is 11.8 Å². The average Bonchev–Trinajstić information content (AvgIpc) is 2.65. The van der Waals surface area contributed by atoms with Crippen LogP contribution in [0.5, 0.6) is 0 Å². The number of thioether (sulfide) groups is 1. The summed E-state index contributed by atoms with van der Waals surface area (Å²) in [6.45, 7) is 8.09. The predicted octanol–water partition coefficient (Wildman–Crippen LogP) is 5.21. The van der Waals surface area contributed by atoms with Gasteiger partial charge in [-0.2, -0.15) is 0 Å². The zero-order valence-corrected chi connectivity index (χ0v) is 17.1. The van der Waals surface area contributed by atoms with Crippen molar-refractivity contribution in [3.63, 3.8) is 0 Å². The average molecular weight is 386 g/mol. The molecule has 0 saturated carbocycles. The Kier molecular flexibility index (Phi) is 7.92. The fourth-order valence-electron chi connectivity index (χ4n) is 2.72. The molecule has 0 aliphatic carbocycles. The first-order valence-corrected chi connectivity index (χ1v) is 10.1. The first-order valence-electron chi connectivity index (χ1n) is 9.14. The summed E-state index contributed by atoms with van der Waals surface area (Å²) < 4.78 is 5.13. The Balaban J connectivity index is 1.93. The van der Waals surface area contributed by atoms with E-state index in [0.717, 1.165) is 21.7 Å². The van der Waals surface area contributed by atoms with E-state index in [1.54, 1.807) is 0 Å². The molecule has 2 rings (SSSR count). The summed E-state index contributed by atoms with van der Waals surface area (Å²) in [5, 5.41) is 2.95. The summed E-state index contributed by atoms with van der Waals surface area (Å²) >= 11 is 1.39. The SMILES string of the molecule is CC(C)c1cccc(C(C)C)c1NC(=O)COC(=O)CSc1ccccc1. The molecule has 27 heavy (non-hydrogen) atoms. The Morgan fingerprint density at radius 1 is 0.926 bits per heavy atom. The fourth-order valence-corrected chi connectivity index (χ4v) is 3.43. The molecule has 4 nitrogen and oxygen atoms in total. The number of para-hydroxylation sites is 1. The Morgan fingerprint density at radius 3 is 2.07 bits per heavy atom. The Bertz CT molecular complexity index is 746. The smallest absolute Gasteiger partial charge is 0.316 e. The quantitative estimate of drug-likeness (QED) is 0.501. The number of carbonyl (C=O) groups is 2. The number of benzene rings is 2. The van der Waals surface area contributed by atoms with Crippen LogP contribution in [-0.2, 0) is 14.3 Å². The summed E-state index contributed by atoms with van der Waals surface area (Å²) in [5.74, 6) is 0.0212. The van der Waals surface area contributed by atoms with Gasteiger partial charge >= 0.3 is 5.97 Å². The summed E-state index contributed by atoms with van der Waals surface area (Å²) in [5.41, 5.74) is 3.00. The summed E-state index contributed by atoms with van der Waals surface area (Å²) in [4.78, 5) is 25.2. The molecule has 0 heterocycles. The van der Waals surface area contributed by atoms with E-state index >= 15 is 0 Å². The third kappa shape index (κ3) is 6.43. The normalized spacial score (nSPS) is 10.9.